The van der Waals surface area contributed by atoms with Gasteiger partial charge in [0.05, 0.1) is 23.7 Å². The van der Waals surface area contributed by atoms with Crippen LogP contribution in [0, 0.1) is 5.92 Å². The second-order valence-electron chi connectivity index (χ2n) is 9.83. The third-order valence-corrected chi connectivity index (χ3v) is 7.46. The van der Waals surface area contributed by atoms with E-state index in [4.69, 9.17) is 0 Å². The molecule has 9 nitrogen and oxygen atoms in total. The van der Waals surface area contributed by atoms with Gasteiger partial charge in [-0.3, -0.25) is 9.69 Å². The van der Waals surface area contributed by atoms with Crippen LogP contribution in [-0.4, -0.2) is 71.6 Å². The summed E-state index contributed by atoms with van der Waals surface area (Å²) >= 11 is 0. The van der Waals surface area contributed by atoms with Crippen LogP contribution in [0.4, 0.5) is 23.8 Å². The first-order valence-corrected chi connectivity index (χ1v) is 12.8. The van der Waals surface area contributed by atoms with Gasteiger partial charge in [0.25, 0.3) is 0 Å². The maximum absolute atomic E-state index is 13.1. The maximum atomic E-state index is 13.1. The molecule has 2 fully saturated rings. The van der Waals surface area contributed by atoms with Gasteiger partial charge in [0.1, 0.15) is 12.1 Å². The molecule has 4 N–H and O–H groups in total. The fraction of sp³-hybridized carbons (Fsp3) is 0.600. The average molecular weight is 522 g/mol. The molecule has 1 saturated heterocycles. The molecule has 1 aliphatic carbocycles. The van der Waals surface area contributed by atoms with Gasteiger partial charge in [0, 0.05) is 37.6 Å². The number of likely N-dealkylation sites (tertiary alicyclic amines) is 1. The SMILES string of the molecule is CCC(NC(=O)NC)[C@H]1CC[C@@H](N2CC(NC(=O)CNc3ncnc4ccc(C(F)(F)F)cc34)C2)CC1. The number of fused-ring (bicyclic) bond motifs is 1. The van der Waals surface area contributed by atoms with Gasteiger partial charge in [0.2, 0.25) is 5.91 Å². The number of nitrogens with one attached hydrogen (secondary N) is 4. The van der Waals surface area contributed by atoms with Crippen molar-refractivity contribution in [2.24, 2.45) is 5.92 Å². The Labute approximate surface area is 214 Å². The van der Waals surface area contributed by atoms with Crippen molar-refractivity contribution in [2.45, 2.75) is 63.3 Å². The summed E-state index contributed by atoms with van der Waals surface area (Å²) in [6.07, 6.45) is 1.95. The summed E-state index contributed by atoms with van der Waals surface area (Å²) in [4.78, 5) is 34.6. The number of rotatable bonds is 8. The fourth-order valence-corrected chi connectivity index (χ4v) is 5.38. The van der Waals surface area contributed by atoms with Gasteiger partial charge in [0.15, 0.2) is 0 Å². The number of halogens is 3. The second kappa shape index (κ2) is 11.5. The zero-order valence-electron chi connectivity index (χ0n) is 21.1. The number of hydrogen-bond donors (Lipinski definition) is 4. The van der Waals surface area contributed by atoms with Gasteiger partial charge in [-0.25, -0.2) is 14.8 Å². The van der Waals surface area contributed by atoms with E-state index in [-0.39, 0.29) is 41.8 Å². The molecule has 3 amide bonds. The molecule has 1 atom stereocenters. The van der Waals surface area contributed by atoms with Crippen LogP contribution in [0.5, 0.6) is 0 Å². The first kappa shape index (κ1) is 26.9. The number of carbonyl (C=O) groups excluding carboxylic acids is 2. The van der Waals surface area contributed by atoms with Crippen LogP contribution in [0.3, 0.4) is 0 Å². The molecule has 37 heavy (non-hydrogen) atoms. The van der Waals surface area contributed by atoms with Crippen LogP contribution in [0.15, 0.2) is 24.5 Å². The molecule has 202 valence electrons. The summed E-state index contributed by atoms with van der Waals surface area (Å²) in [5, 5.41) is 11.7. The topological polar surface area (TPSA) is 111 Å². The Balaban J connectivity index is 1.21. The number of anilines is 1. The number of urea groups is 1. The predicted molar refractivity (Wildman–Crippen MR) is 134 cm³/mol. The number of benzene rings is 1. The van der Waals surface area contributed by atoms with Crippen LogP contribution >= 0.6 is 0 Å². The van der Waals surface area contributed by atoms with Crippen molar-refractivity contribution in [3.63, 3.8) is 0 Å². The Morgan fingerprint density at radius 2 is 1.86 bits per heavy atom. The summed E-state index contributed by atoms with van der Waals surface area (Å²) < 4.78 is 39.3. The molecular weight excluding hydrogens is 487 g/mol. The van der Waals surface area contributed by atoms with Crippen molar-refractivity contribution in [2.75, 3.05) is 32.0 Å². The largest absolute Gasteiger partial charge is 0.416 e. The Bertz CT molecular complexity index is 1100. The minimum absolute atomic E-state index is 0.0457. The predicted octanol–water partition coefficient (Wildman–Crippen LogP) is 3.13. The van der Waals surface area contributed by atoms with Crippen LogP contribution in [0.25, 0.3) is 10.9 Å². The van der Waals surface area contributed by atoms with Crippen LogP contribution in [0.1, 0.15) is 44.6 Å². The van der Waals surface area contributed by atoms with E-state index in [1.165, 1.54) is 12.4 Å². The van der Waals surface area contributed by atoms with Crippen LogP contribution < -0.4 is 21.3 Å². The van der Waals surface area contributed by atoms with E-state index < -0.39 is 11.7 Å². The van der Waals surface area contributed by atoms with Gasteiger partial charge in [-0.05, 0) is 56.2 Å². The molecular formula is C25H34F3N7O2. The zero-order valence-corrected chi connectivity index (χ0v) is 21.1. The van der Waals surface area contributed by atoms with E-state index in [1.807, 2.05) is 0 Å². The third-order valence-electron chi connectivity index (χ3n) is 7.46. The quantitative estimate of drug-likeness (QED) is 0.425. The number of amides is 3. The Morgan fingerprint density at radius 3 is 2.51 bits per heavy atom. The molecule has 0 bridgehead atoms. The lowest BCUT2D eigenvalue weighted by Gasteiger charge is -2.47. The van der Waals surface area contributed by atoms with E-state index in [1.54, 1.807) is 7.05 Å². The molecule has 2 aromatic rings. The lowest BCUT2D eigenvalue weighted by atomic mass is 9.79. The van der Waals surface area contributed by atoms with E-state index in [0.29, 0.717) is 17.5 Å². The molecule has 0 radical (unpaired) electrons. The van der Waals surface area contributed by atoms with Crippen molar-refractivity contribution in [3.8, 4) is 0 Å². The second-order valence-corrected chi connectivity index (χ2v) is 9.83. The summed E-state index contributed by atoms with van der Waals surface area (Å²) in [6.45, 7) is 3.55. The number of nitrogens with zero attached hydrogens (tertiary/aromatic N) is 3. The van der Waals surface area contributed by atoms with E-state index in [0.717, 1.165) is 57.3 Å². The van der Waals surface area contributed by atoms with Crippen molar-refractivity contribution in [1.82, 2.24) is 30.8 Å². The first-order valence-electron chi connectivity index (χ1n) is 12.8. The van der Waals surface area contributed by atoms with Gasteiger partial charge in [-0.2, -0.15) is 13.2 Å². The highest BCUT2D eigenvalue weighted by atomic mass is 19.4. The van der Waals surface area contributed by atoms with E-state index >= 15 is 0 Å². The van der Waals surface area contributed by atoms with Crippen molar-refractivity contribution < 1.29 is 22.8 Å². The highest BCUT2D eigenvalue weighted by Crippen LogP contribution is 2.33. The van der Waals surface area contributed by atoms with Crippen molar-refractivity contribution >= 4 is 28.7 Å². The average Bonchev–Trinajstić information content (AvgIpc) is 2.87. The minimum Gasteiger partial charge on any atom is -0.360 e. The molecule has 2 aliphatic rings. The Kier molecular flexibility index (Phi) is 8.35. The molecule has 1 aromatic heterocycles. The van der Waals surface area contributed by atoms with Crippen molar-refractivity contribution in [3.05, 3.63) is 30.1 Å². The van der Waals surface area contributed by atoms with Gasteiger partial charge < -0.3 is 21.3 Å². The number of carbonyl (C=O) groups is 2. The standard InChI is InChI=1S/C25H34F3N7O2/c1-3-20(34-24(37)29-2)15-4-7-18(8-5-15)35-12-17(13-35)33-22(36)11-30-23-19-10-16(25(26,27)28)6-9-21(19)31-14-32-23/h6,9-10,14-15,17-18,20H,3-5,7-8,11-13H2,1-2H3,(H,33,36)(H2,29,34,37)(H,30,31,32)/t15-,18+,20?. The van der Waals surface area contributed by atoms with Gasteiger partial charge in [-0.15, -0.1) is 0 Å². The Hall–Kier alpha value is -3.15. The monoisotopic (exact) mass is 521 g/mol. The molecule has 0 spiro atoms. The van der Waals surface area contributed by atoms with E-state index in [9.17, 15) is 22.8 Å². The summed E-state index contributed by atoms with van der Waals surface area (Å²) in [5.41, 5.74) is -0.427. The maximum Gasteiger partial charge on any atom is 0.416 e. The van der Waals surface area contributed by atoms with Gasteiger partial charge in [-0.1, -0.05) is 6.92 Å². The highest BCUT2D eigenvalue weighted by Gasteiger charge is 2.36. The van der Waals surface area contributed by atoms with Gasteiger partial charge >= 0.3 is 12.2 Å². The first-order chi connectivity index (χ1) is 17.7. The van der Waals surface area contributed by atoms with E-state index in [2.05, 4.69) is 43.1 Å². The smallest absolute Gasteiger partial charge is 0.360 e. The molecule has 12 heteroatoms. The number of aromatic nitrogens is 2. The molecule has 1 unspecified atom stereocenters. The normalized spacial score (nSPS) is 21.6. The summed E-state index contributed by atoms with van der Waals surface area (Å²) in [6, 6.07) is 3.84. The lowest BCUT2D eigenvalue weighted by molar-refractivity contribution is -0.137. The molecule has 1 aliphatic heterocycles. The molecule has 1 saturated carbocycles. The fourth-order valence-electron chi connectivity index (χ4n) is 5.38. The number of alkyl halides is 3. The lowest BCUT2D eigenvalue weighted by Crippen LogP contribution is -2.63. The summed E-state index contributed by atoms with van der Waals surface area (Å²) in [7, 11) is 1.62. The van der Waals surface area contributed by atoms with Crippen molar-refractivity contribution in [1.29, 1.82) is 0 Å². The Morgan fingerprint density at radius 1 is 1.14 bits per heavy atom. The molecule has 2 heterocycles. The number of hydrogen-bond acceptors (Lipinski definition) is 6. The minimum atomic E-state index is -4.48. The van der Waals surface area contributed by atoms with Crippen LogP contribution in [-0.2, 0) is 11.0 Å². The molecule has 4 rings (SSSR count). The van der Waals surface area contributed by atoms with Crippen LogP contribution in [0.2, 0.25) is 0 Å². The molecule has 1 aromatic carbocycles. The summed E-state index contributed by atoms with van der Waals surface area (Å²) in [5.74, 6) is 0.430. The third kappa shape index (κ3) is 6.60. The highest BCUT2D eigenvalue weighted by molar-refractivity contribution is 5.91. The zero-order chi connectivity index (χ0) is 26.6.